The van der Waals surface area contributed by atoms with Crippen LogP contribution < -0.4 is 5.73 Å². The van der Waals surface area contributed by atoms with E-state index < -0.39 is 12.1 Å². The van der Waals surface area contributed by atoms with Crippen molar-refractivity contribution >= 4 is 34.2 Å². The first-order valence-electron chi connectivity index (χ1n) is 3.48. The van der Waals surface area contributed by atoms with Crippen molar-refractivity contribution < 1.29 is 15.0 Å². The van der Waals surface area contributed by atoms with Crippen LogP contribution in [0.2, 0.25) is 0 Å². The lowest BCUT2D eigenvalue weighted by molar-refractivity contribution is -0.146. The third-order valence-corrected chi connectivity index (χ3v) is 2.55. The minimum atomic E-state index is -1.50. The second-order valence-electron chi connectivity index (χ2n) is 2.52. The zero-order valence-electron chi connectivity index (χ0n) is 6.57. The quantitative estimate of drug-likeness (QED) is 0.561. The molecule has 0 bridgehead atoms. The molecule has 0 amide bonds. The van der Waals surface area contributed by atoms with Gasteiger partial charge in [0.05, 0.1) is 0 Å². The summed E-state index contributed by atoms with van der Waals surface area (Å²) in [6.07, 6.45) is -1.50. The molecule has 1 aromatic rings. The average molecular weight is 293 g/mol. The van der Waals surface area contributed by atoms with Gasteiger partial charge < -0.3 is 15.9 Å². The number of nitrogen functional groups attached to an aromatic ring is 1. The molecule has 0 fully saturated rings. The zero-order chi connectivity index (χ0) is 10.0. The molecular weight excluding hydrogens is 285 g/mol. The van der Waals surface area contributed by atoms with Crippen molar-refractivity contribution in [1.29, 1.82) is 0 Å². The second kappa shape index (κ2) is 3.93. The predicted octanol–water partition coefficient (Wildman–Crippen LogP) is 0.991. The highest BCUT2D eigenvalue weighted by atomic mass is 127. The van der Waals surface area contributed by atoms with Gasteiger partial charge in [-0.2, -0.15) is 0 Å². The summed E-state index contributed by atoms with van der Waals surface area (Å²) in [5.74, 6) is -1.28. The minimum Gasteiger partial charge on any atom is -0.479 e. The molecule has 1 atom stereocenters. The van der Waals surface area contributed by atoms with E-state index in [9.17, 15) is 4.79 Å². The number of aliphatic hydroxyl groups is 1. The van der Waals surface area contributed by atoms with Crippen LogP contribution in [0, 0.1) is 3.57 Å². The van der Waals surface area contributed by atoms with Gasteiger partial charge in [0.1, 0.15) is 0 Å². The smallest absolute Gasteiger partial charge is 0.337 e. The van der Waals surface area contributed by atoms with Gasteiger partial charge in [0, 0.05) is 9.26 Å². The molecule has 0 heterocycles. The van der Waals surface area contributed by atoms with Crippen molar-refractivity contribution in [3.8, 4) is 0 Å². The highest BCUT2D eigenvalue weighted by Gasteiger charge is 2.16. The number of hydrogen-bond acceptors (Lipinski definition) is 3. The summed E-state index contributed by atoms with van der Waals surface area (Å²) < 4.78 is 0.832. The Morgan fingerprint density at radius 2 is 2.15 bits per heavy atom. The van der Waals surface area contributed by atoms with Gasteiger partial charge in [-0.05, 0) is 40.3 Å². The number of carboxylic acid groups (broad SMARTS) is 1. The Morgan fingerprint density at radius 1 is 1.54 bits per heavy atom. The van der Waals surface area contributed by atoms with E-state index >= 15 is 0 Å². The standard InChI is InChI=1S/C8H8INO3/c9-5-2-1-4(3-6(5)10)7(11)8(12)13/h1-3,7,11H,10H2,(H,12,13). The van der Waals surface area contributed by atoms with E-state index in [4.69, 9.17) is 15.9 Å². The van der Waals surface area contributed by atoms with Gasteiger partial charge in [-0.1, -0.05) is 6.07 Å². The highest BCUT2D eigenvalue weighted by Crippen LogP contribution is 2.20. The predicted molar refractivity (Wildman–Crippen MR) is 56.2 cm³/mol. The van der Waals surface area contributed by atoms with Crippen LogP contribution in [0.4, 0.5) is 5.69 Å². The normalized spacial score (nSPS) is 12.5. The molecule has 70 valence electrons. The molecule has 13 heavy (non-hydrogen) atoms. The Morgan fingerprint density at radius 3 is 2.62 bits per heavy atom. The third-order valence-electron chi connectivity index (χ3n) is 1.57. The molecule has 0 spiro atoms. The first-order valence-corrected chi connectivity index (χ1v) is 4.56. The topological polar surface area (TPSA) is 83.5 Å². The van der Waals surface area contributed by atoms with Gasteiger partial charge in [0.15, 0.2) is 6.10 Å². The molecule has 0 saturated heterocycles. The van der Waals surface area contributed by atoms with Gasteiger partial charge in [-0.3, -0.25) is 0 Å². The molecule has 1 unspecified atom stereocenters. The van der Waals surface area contributed by atoms with E-state index in [2.05, 4.69) is 0 Å². The first-order chi connectivity index (χ1) is 6.02. The van der Waals surface area contributed by atoms with Crippen LogP contribution in [0.5, 0.6) is 0 Å². The summed E-state index contributed by atoms with van der Waals surface area (Å²) >= 11 is 2.03. The molecule has 0 saturated carbocycles. The van der Waals surface area contributed by atoms with Crippen molar-refractivity contribution in [1.82, 2.24) is 0 Å². The molecule has 0 aliphatic carbocycles. The molecule has 0 aliphatic rings. The SMILES string of the molecule is Nc1cc(C(O)C(=O)O)ccc1I. The van der Waals surface area contributed by atoms with Gasteiger partial charge >= 0.3 is 5.97 Å². The molecular formula is C8H8INO3. The third kappa shape index (κ3) is 2.31. The van der Waals surface area contributed by atoms with Crippen LogP contribution in [0.1, 0.15) is 11.7 Å². The number of nitrogens with two attached hydrogens (primary N) is 1. The van der Waals surface area contributed by atoms with Crippen LogP contribution in [0.3, 0.4) is 0 Å². The lowest BCUT2D eigenvalue weighted by Crippen LogP contribution is -2.10. The van der Waals surface area contributed by atoms with Crippen molar-refractivity contribution in [2.75, 3.05) is 5.73 Å². The van der Waals surface area contributed by atoms with Crippen LogP contribution in [0.25, 0.3) is 0 Å². The number of aliphatic hydroxyl groups excluding tert-OH is 1. The second-order valence-corrected chi connectivity index (χ2v) is 3.68. The molecule has 0 aromatic heterocycles. The number of benzene rings is 1. The minimum absolute atomic E-state index is 0.297. The van der Waals surface area contributed by atoms with Crippen molar-refractivity contribution in [3.63, 3.8) is 0 Å². The first kappa shape index (κ1) is 10.3. The number of rotatable bonds is 2. The number of carbonyl (C=O) groups is 1. The number of halogens is 1. The molecule has 0 radical (unpaired) electrons. The monoisotopic (exact) mass is 293 g/mol. The van der Waals surface area contributed by atoms with Crippen molar-refractivity contribution in [2.45, 2.75) is 6.10 Å². The fourth-order valence-corrected chi connectivity index (χ4v) is 1.21. The maximum atomic E-state index is 10.4. The van der Waals surface area contributed by atoms with Crippen LogP contribution in [-0.2, 0) is 4.79 Å². The summed E-state index contributed by atoms with van der Waals surface area (Å²) in [6.45, 7) is 0. The molecule has 1 rings (SSSR count). The molecule has 0 aliphatic heterocycles. The fourth-order valence-electron chi connectivity index (χ4n) is 0.875. The Balaban J connectivity index is 3.03. The van der Waals surface area contributed by atoms with E-state index in [0.29, 0.717) is 11.3 Å². The molecule has 4 N–H and O–H groups in total. The van der Waals surface area contributed by atoms with Gasteiger partial charge in [-0.25, -0.2) is 4.79 Å². The van der Waals surface area contributed by atoms with E-state index in [1.807, 2.05) is 22.6 Å². The Kier molecular flexibility index (Phi) is 3.10. The van der Waals surface area contributed by atoms with Gasteiger partial charge in [-0.15, -0.1) is 0 Å². The van der Waals surface area contributed by atoms with Crippen LogP contribution in [-0.4, -0.2) is 16.2 Å². The number of carboxylic acids is 1. The Hall–Kier alpha value is -0.820. The Bertz CT molecular complexity index is 340. The lowest BCUT2D eigenvalue weighted by atomic mass is 10.1. The number of anilines is 1. The summed E-state index contributed by atoms with van der Waals surface area (Å²) in [5, 5.41) is 17.7. The number of aliphatic carboxylic acids is 1. The fraction of sp³-hybridized carbons (Fsp3) is 0.125. The van der Waals surface area contributed by atoms with Gasteiger partial charge in [0.2, 0.25) is 0 Å². The van der Waals surface area contributed by atoms with Crippen molar-refractivity contribution in [2.24, 2.45) is 0 Å². The van der Waals surface area contributed by atoms with Crippen LogP contribution >= 0.6 is 22.6 Å². The van der Waals surface area contributed by atoms with Gasteiger partial charge in [0.25, 0.3) is 0 Å². The highest BCUT2D eigenvalue weighted by molar-refractivity contribution is 14.1. The summed E-state index contributed by atoms with van der Waals surface area (Å²) in [4.78, 5) is 10.4. The Labute approximate surface area is 88.5 Å². The summed E-state index contributed by atoms with van der Waals surface area (Å²) in [5.41, 5.74) is 6.31. The largest absolute Gasteiger partial charge is 0.479 e. The molecule has 5 heteroatoms. The number of hydrogen-bond donors (Lipinski definition) is 3. The maximum absolute atomic E-state index is 10.4. The van der Waals surface area contributed by atoms with E-state index in [0.717, 1.165) is 3.57 Å². The molecule has 4 nitrogen and oxygen atoms in total. The molecule has 1 aromatic carbocycles. The lowest BCUT2D eigenvalue weighted by Gasteiger charge is -2.07. The summed E-state index contributed by atoms with van der Waals surface area (Å²) in [6, 6.07) is 4.66. The van der Waals surface area contributed by atoms with E-state index in [-0.39, 0.29) is 0 Å². The van der Waals surface area contributed by atoms with E-state index in [1.165, 1.54) is 12.1 Å². The van der Waals surface area contributed by atoms with Crippen LogP contribution in [0.15, 0.2) is 18.2 Å². The van der Waals surface area contributed by atoms with E-state index in [1.54, 1.807) is 6.07 Å². The van der Waals surface area contributed by atoms with Crippen molar-refractivity contribution in [3.05, 3.63) is 27.3 Å². The zero-order valence-corrected chi connectivity index (χ0v) is 8.72. The summed E-state index contributed by atoms with van der Waals surface area (Å²) in [7, 11) is 0. The maximum Gasteiger partial charge on any atom is 0.337 e. The average Bonchev–Trinajstić information content (AvgIpc) is 2.08.